The molecule has 0 aliphatic carbocycles. The van der Waals surface area contributed by atoms with Crippen LogP contribution >= 0.6 is 12.2 Å². The molecule has 0 amide bonds. The van der Waals surface area contributed by atoms with E-state index in [1.54, 1.807) is 0 Å². The third kappa shape index (κ3) is 3.69. The Kier molecular flexibility index (Phi) is 3.69. The number of nitrogens with one attached hydrogen (secondary N) is 1. The summed E-state index contributed by atoms with van der Waals surface area (Å²) < 4.78 is 0. The van der Waals surface area contributed by atoms with E-state index in [1.807, 2.05) is 0 Å². The van der Waals surface area contributed by atoms with E-state index in [0.29, 0.717) is 5.69 Å². The van der Waals surface area contributed by atoms with Crippen LogP contribution in [0.2, 0.25) is 0 Å². The average molecular weight is 224 g/mol. The standard InChI is InChI=1S/C8H8N4O2S/c9-8(15)5-10-11-6-1-3-7(4-2-6)12(13)14/h1-5,11H,(H2,9,15). The van der Waals surface area contributed by atoms with Crippen LogP contribution in [-0.4, -0.2) is 16.1 Å². The Morgan fingerprint density at radius 1 is 1.53 bits per heavy atom. The third-order valence-electron chi connectivity index (χ3n) is 1.46. The maximum absolute atomic E-state index is 10.3. The van der Waals surface area contributed by atoms with Crippen molar-refractivity contribution in [2.75, 3.05) is 5.43 Å². The number of hydrogen-bond donors (Lipinski definition) is 2. The molecule has 3 N–H and O–H groups in total. The van der Waals surface area contributed by atoms with Crippen molar-refractivity contribution >= 4 is 34.8 Å². The van der Waals surface area contributed by atoms with Gasteiger partial charge in [0, 0.05) is 12.1 Å². The molecular weight excluding hydrogens is 216 g/mol. The van der Waals surface area contributed by atoms with Crippen LogP contribution in [0.3, 0.4) is 0 Å². The van der Waals surface area contributed by atoms with E-state index in [9.17, 15) is 10.1 Å². The number of hydrazone groups is 1. The molecule has 0 unspecified atom stereocenters. The molecule has 0 atom stereocenters. The Hall–Kier alpha value is -2.02. The second kappa shape index (κ2) is 5.01. The first-order chi connectivity index (χ1) is 7.09. The number of non-ortho nitro benzene ring substituents is 1. The minimum absolute atomic E-state index is 0.0267. The number of hydrogen-bond acceptors (Lipinski definition) is 5. The first-order valence-electron chi connectivity index (χ1n) is 3.92. The van der Waals surface area contributed by atoms with Crippen molar-refractivity contribution in [1.82, 2.24) is 0 Å². The van der Waals surface area contributed by atoms with Crippen molar-refractivity contribution < 1.29 is 4.92 Å². The third-order valence-corrected chi connectivity index (χ3v) is 1.57. The molecule has 1 aromatic carbocycles. The maximum Gasteiger partial charge on any atom is 0.269 e. The SMILES string of the molecule is NC(=S)C=NNc1ccc([N+](=O)[O-])cc1. The van der Waals surface area contributed by atoms with Gasteiger partial charge in [-0.1, -0.05) is 12.2 Å². The smallest absolute Gasteiger partial charge is 0.269 e. The van der Waals surface area contributed by atoms with Crippen molar-refractivity contribution in [1.29, 1.82) is 0 Å². The lowest BCUT2D eigenvalue weighted by Gasteiger charge is -1.98. The lowest BCUT2D eigenvalue weighted by Crippen LogP contribution is -2.09. The summed E-state index contributed by atoms with van der Waals surface area (Å²) in [5, 5.41) is 14.0. The summed E-state index contributed by atoms with van der Waals surface area (Å²) in [7, 11) is 0. The number of thiocarbonyl (C=S) groups is 1. The minimum Gasteiger partial charge on any atom is -0.389 e. The maximum atomic E-state index is 10.3. The summed E-state index contributed by atoms with van der Waals surface area (Å²) in [5.74, 6) is 0. The van der Waals surface area contributed by atoms with Crippen LogP contribution in [0, 0.1) is 10.1 Å². The van der Waals surface area contributed by atoms with Crippen molar-refractivity contribution in [3.8, 4) is 0 Å². The van der Waals surface area contributed by atoms with E-state index in [2.05, 4.69) is 22.7 Å². The average Bonchev–Trinajstić information content (AvgIpc) is 2.18. The highest BCUT2D eigenvalue weighted by Crippen LogP contribution is 2.14. The Balaban J connectivity index is 2.65. The molecule has 15 heavy (non-hydrogen) atoms. The van der Waals surface area contributed by atoms with Gasteiger partial charge in [-0.3, -0.25) is 15.5 Å². The fourth-order valence-electron chi connectivity index (χ4n) is 0.828. The van der Waals surface area contributed by atoms with Gasteiger partial charge in [-0.2, -0.15) is 5.10 Å². The van der Waals surface area contributed by atoms with Crippen LogP contribution in [0.25, 0.3) is 0 Å². The molecule has 7 heteroatoms. The summed E-state index contributed by atoms with van der Waals surface area (Å²) in [4.78, 5) is 10.0. The molecule has 6 nitrogen and oxygen atoms in total. The van der Waals surface area contributed by atoms with Gasteiger partial charge in [0.05, 0.1) is 16.8 Å². The van der Waals surface area contributed by atoms with Crippen molar-refractivity contribution in [2.24, 2.45) is 10.8 Å². The molecule has 0 aliphatic rings. The van der Waals surface area contributed by atoms with Crippen LogP contribution in [0.5, 0.6) is 0 Å². The number of nitro benzene ring substituents is 1. The summed E-state index contributed by atoms with van der Waals surface area (Å²) in [6.07, 6.45) is 1.27. The van der Waals surface area contributed by atoms with Gasteiger partial charge in [-0.05, 0) is 12.1 Å². The Labute approximate surface area is 90.9 Å². The number of anilines is 1. The highest BCUT2D eigenvalue weighted by molar-refractivity contribution is 7.81. The highest BCUT2D eigenvalue weighted by Gasteiger charge is 2.02. The van der Waals surface area contributed by atoms with Crippen LogP contribution in [-0.2, 0) is 0 Å². The van der Waals surface area contributed by atoms with Crippen LogP contribution in [0.4, 0.5) is 11.4 Å². The van der Waals surface area contributed by atoms with E-state index in [1.165, 1.54) is 30.5 Å². The second-order valence-electron chi connectivity index (χ2n) is 2.58. The zero-order valence-electron chi connectivity index (χ0n) is 7.58. The lowest BCUT2D eigenvalue weighted by atomic mass is 10.3. The van der Waals surface area contributed by atoms with Crippen LogP contribution < -0.4 is 11.2 Å². The second-order valence-corrected chi connectivity index (χ2v) is 3.05. The summed E-state index contributed by atoms with van der Waals surface area (Å²) in [6.45, 7) is 0. The molecule has 0 saturated heterocycles. The first-order valence-corrected chi connectivity index (χ1v) is 4.33. The number of rotatable bonds is 4. The summed E-state index contributed by atoms with van der Waals surface area (Å²) in [5.41, 5.74) is 8.44. The van der Waals surface area contributed by atoms with Gasteiger partial charge in [0.15, 0.2) is 0 Å². The summed E-state index contributed by atoms with van der Waals surface area (Å²) >= 11 is 4.57. The predicted molar refractivity (Wildman–Crippen MR) is 62.0 cm³/mol. The lowest BCUT2D eigenvalue weighted by molar-refractivity contribution is -0.384. The topological polar surface area (TPSA) is 93.5 Å². The fourth-order valence-corrected chi connectivity index (χ4v) is 0.881. The van der Waals surface area contributed by atoms with E-state index >= 15 is 0 Å². The minimum atomic E-state index is -0.470. The molecule has 0 radical (unpaired) electrons. The van der Waals surface area contributed by atoms with Gasteiger partial charge >= 0.3 is 0 Å². The molecule has 0 aliphatic heterocycles. The first kappa shape index (κ1) is 11.1. The number of benzene rings is 1. The molecule has 0 spiro atoms. The van der Waals surface area contributed by atoms with Gasteiger partial charge in [0.2, 0.25) is 0 Å². The quantitative estimate of drug-likeness (QED) is 0.348. The molecule has 0 aromatic heterocycles. The largest absolute Gasteiger partial charge is 0.389 e. The zero-order chi connectivity index (χ0) is 11.3. The Morgan fingerprint density at radius 3 is 2.60 bits per heavy atom. The molecule has 0 heterocycles. The molecule has 78 valence electrons. The number of nitrogens with two attached hydrogens (primary N) is 1. The van der Waals surface area contributed by atoms with Crippen LogP contribution in [0.1, 0.15) is 0 Å². The van der Waals surface area contributed by atoms with Gasteiger partial charge in [-0.15, -0.1) is 0 Å². The van der Waals surface area contributed by atoms with Gasteiger partial charge < -0.3 is 5.73 Å². The number of nitro groups is 1. The zero-order valence-corrected chi connectivity index (χ0v) is 8.40. The van der Waals surface area contributed by atoms with Crippen molar-refractivity contribution in [2.45, 2.75) is 0 Å². The van der Waals surface area contributed by atoms with Crippen molar-refractivity contribution in [3.05, 3.63) is 34.4 Å². The normalized spacial score (nSPS) is 10.1. The number of nitrogens with zero attached hydrogens (tertiary/aromatic N) is 2. The molecule has 0 saturated carbocycles. The molecule has 1 rings (SSSR count). The van der Waals surface area contributed by atoms with E-state index in [0.717, 1.165) is 0 Å². The van der Waals surface area contributed by atoms with E-state index in [4.69, 9.17) is 5.73 Å². The highest BCUT2D eigenvalue weighted by atomic mass is 32.1. The monoisotopic (exact) mass is 224 g/mol. The Bertz CT molecular complexity index is 402. The Morgan fingerprint density at radius 2 is 2.13 bits per heavy atom. The molecular formula is C8H8N4O2S. The van der Waals surface area contributed by atoms with E-state index in [-0.39, 0.29) is 10.7 Å². The molecule has 0 fully saturated rings. The van der Waals surface area contributed by atoms with Gasteiger partial charge in [0.25, 0.3) is 5.69 Å². The van der Waals surface area contributed by atoms with Gasteiger partial charge in [-0.25, -0.2) is 0 Å². The van der Waals surface area contributed by atoms with Crippen molar-refractivity contribution in [3.63, 3.8) is 0 Å². The fraction of sp³-hybridized carbons (Fsp3) is 0. The van der Waals surface area contributed by atoms with Crippen LogP contribution in [0.15, 0.2) is 29.4 Å². The predicted octanol–water partition coefficient (Wildman–Crippen LogP) is 1.28. The summed E-state index contributed by atoms with van der Waals surface area (Å²) in [6, 6.07) is 5.82. The van der Waals surface area contributed by atoms with E-state index < -0.39 is 4.92 Å². The molecule has 1 aromatic rings. The molecule has 0 bridgehead atoms. The van der Waals surface area contributed by atoms with Gasteiger partial charge in [0.1, 0.15) is 4.99 Å².